The number of likely N-dealkylation sites (tertiary alicyclic amines) is 1. The Kier molecular flexibility index (Phi) is 7.05. The first-order valence-corrected chi connectivity index (χ1v) is 8.68. The first-order valence-electron chi connectivity index (χ1n) is 8.68. The Morgan fingerprint density at radius 3 is 2.29 bits per heavy atom. The lowest BCUT2D eigenvalue weighted by molar-refractivity contribution is -0.145. The molecule has 2 atom stereocenters. The quantitative estimate of drug-likeness (QED) is 0.797. The van der Waals surface area contributed by atoms with Gasteiger partial charge in [0.05, 0.1) is 5.92 Å². The number of carbonyl (C=O) groups excluding carboxylic acids is 2. The molecule has 0 radical (unpaired) electrons. The number of carboxylic acid groups (broad SMARTS) is 1. The van der Waals surface area contributed by atoms with E-state index in [9.17, 15) is 19.5 Å². The summed E-state index contributed by atoms with van der Waals surface area (Å²) in [4.78, 5) is 39.8. The van der Waals surface area contributed by atoms with Crippen molar-refractivity contribution in [1.82, 2.24) is 15.1 Å². The molecule has 1 heterocycles. The van der Waals surface area contributed by atoms with Gasteiger partial charge in [-0.25, -0.2) is 9.59 Å². The Morgan fingerprint density at radius 1 is 1.25 bits per heavy atom. The number of hydrogen-bond donors (Lipinski definition) is 2. The number of amides is 3. The van der Waals surface area contributed by atoms with Gasteiger partial charge in [0, 0.05) is 26.2 Å². The lowest BCUT2D eigenvalue weighted by atomic mass is 9.86. The van der Waals surface area contributed by atoms with E-state index in [0.717, 1.165) is 6.42 Å². The molecule has 0 aliphatic carbocycles. The molecule has 1 rings (SSSR count). The molecule has 7 heteroatoms. The predicted molar refractivity (Wildman–Crippen MR) is 91.6 cm³/mol. The zero-order valence-electron chi connectivity index (χ0n) is 15.5. The highest BCUT2D eigenvalue weighted by Gasteiger charge is 2.36. The molecular weight excluding hydrogens is 310 g/mol. The fourth-order valence-electron chi connectivity index (χ4n) is 2.97. The third-order valence-electron chi connectivity index (χ3n) is 4.50. The first-order chi connectivity index (χ1) is 11.1. The van der Waals surface area contributed by atoms with Crippen molar-refractivity contribution >= 4 is 17.9 Å². The maximum Gasteiger partial charge on any atom is 0.326 e. The molecule has 0 aromatic heterocycles. The number of piperidine rings is 1. The zero-order chi connectivity index (χ0) is 18.5. The van der Waals surface area contributed by atoms with Crippen molar-refractivity contribution < 1.29 is 19.5 Å². The SMILES string of the molecule is CCN(CC)C(=O)N1CCC[C@@H](C(=O)N[C@H](C(=O)O)C(C)(C)C)C1. The summed E-state index contributed by atoms with van der Waals surface area (Å²) in [5.41, 5.74) is -0.577. The molecule has 0 aromatic carbocycles. The standard InChI is InChI=1S/C17H31N3O4/c1-6-19(7-2)16(24)20-10-8-9-12(11-20)14(21)18-13(15(22)23)17(3,4)5/h12-13H,6-11H2,1-5H3,(H,18,21)(H,22,23)/t12-,13-/m1/s1. The number of hydrogen-bond acceptors (Lipinski definition) is 3. The molecule has 138 valence electrons. The van der Waals surface area contributed by atoms with E-state index in [0.29, 0.717) is 32.6 Å². The van der Waals surface area contributed by atoms with Crippen LogP contribution in [0.5, 0.6) is 0 Å². The fraction of sp³-hybridized carbons (Fsp3) is 0.824. The first kappa shape index (κ1) is 20.3. The van der Waals surface area contributed by atoms with Crippen molar-refractivity contribution in [2.24, 2.45) is 11.3 Å². The molecule has 0 aromatic rings. The van der Waals surface area contributed by atoms with Crippen molar-refractivity contribution in [1.29, 1.82) is 0 Å². The number of urea groups is 1. The summed E-state index contributed by atoms with van der Waals surface area (Å²) in [6.07, 6.45) is 1.42. The van der Waals surface area contributed by atoms with Crippen molar-refractivity contribution in [2.45, 2.75) is 53.5 Å². The minimum Gasteiger partial charge on any atom is -0.480 e. The molecule has 1 aliphatic heterocycles. The van der Waals surface area contributed by atoms with Crippen LogP contribution in [0.1, 0.15) is 47.5 Å². The highest BCUT2D eigenvalue weighted by Crippen LogP contribution is 2.22. The molecule has 3 amide bonds. The minimum absolute atomic E-state index is 0.0527. The third kappa shape index (κ3) is 5.11. The monoisotopic (exact) mass is 341 g/mol. The average molecular weight is 341 g/mol. The predicted octanol–water partition coefficient (Wildman–Crippen LogP) is 1.78. The Morgan fingerprint density at radius 2 is 1.83 bits per heavy atom. The van der Waals surface area contributed by atoms with Crippen molar-refractivity contribution in [3.05, 3.63) is 0 Å². The van der Waals surface area contributed by atoms with Gasteiger partial charge in [0.15, 0.2) is 0 Å². The molecule has 24 heavy (non-hydrogen) atoms. The third-order valence-corrected chi connectivity index (χ3v) is 4.50. The molecular formula is C17H31N3O4. The second kappa shape index (κ2) is 8.35. The molecule has 1 fully saturated rings. The number of carbonyl (C=O) groups is 3. The van der Waals surface area contributed by atoms with Crippen LogP contribution < -0.4 is 5.32 Å². The number of nitrogens with one attached hydrogen (secondary N) is 1. The molecule has 0 bridgehead atoms. The molecule has 0 unspecified atom stereocenters. The van der Waals surface area contributed by atoms with Crippen LogP contribution in [0.4, 0.5) is 4.79 Å². The summed E-state index contributed by atoms with van der Waals surface area (Å²) < 4.78 is 0. The van der Waals surface area contributed by atoms with Gasteiger partial charge in [-0.3, -0.25) is 4.79 Å². The van der Waals surface area contributed by atoms with E-state index < -0.39 is 17.4 Å². The Bertz CT molecular complexity index is 469. The van der Waals surface area contributed by atoms with Crippen molar-refractivity contribution in [2.75, 3.05) is 26.2 Å². The topological polar surface area (TPSA) is 90.0 Å². The number of carboxylic acids is 1. The van der Waals surface area contributed by atoms with Crippen LogP contribution in [0.25, 0.3) is 0 Å². The van der Waals surface area contributed by atoms with Crippen LogP contribution in [-0.4, -0.2) is 65.0 Å². The van der Waals surface area contributed by atoms with Gasteiger partial charge in [-0.15, -0.1) is 0 Å². The van der Waals surface area contributed by atoms with Gasteiger partial charge < -0.3 is 20.2 Å². The normalized spacial score (nSPS) is 19.5. The van der Waals surface area contributed by atoms with Gasteiger partial charge in [0.1, 0.15) is 6.04 Å². The van der Waals surface area contributed by atoms with Gasteiger partial charge in [-0.1, -0.05) is 20.8 Å². The van der Waals surface area contributed by atoms with Crippen LogP contribution >= 0.6 is 0 Å². The van der Waals surface area contributed by atoms with Gasteiger partial charge >= 0.3 is 12.0 Å². The van der Waals surface area contributed by atoms with Crippen LogP contribution in [0.3, 0.4) is 0 Å². The molecule has 1 aliphatic rings. The number of nitrogens with zero attached hydrogens (tertiary/aromatic N) is 2. The average Bonchev–Trinajstić information content (AvgIpc) is 2.52. The summed E-state index contributed by atoms with van der Waals surface area (Å²) in [5, 5.41) is 12.0. The van der Waals surface area contributed by atoms with E-state index in [1.54, 1.807) is 30.6 Å². The summed E-state index contributed by atoms with van der Waals surface area (Å²) >= 11 is 0. The summed E-state index contributed by atoms with van der Waals surface area (Å²) in [7, 11) is 0. The van der Waals surface area contributed by atoms with E-state index in [1.165, 1.54) is 0 Å². The maximum atomic E-state index is 12.5. The fourth-order valence-corrected chi connectivity index (χ4v) is 2.97. The molecule has 0 spiro atoms. The lowest BCUT2D eigenvalue weighted by Gasteiger charge is -2.36. The Balaban J connectivity index is 2.74. The van der Waals surface area contributed by atoms with Crippen LogP contribution in [0, 0.1) is 11.3 Å². The van der Waals surface area contributed by atoms with Gasteiger partial charge in [-0.05, 0) is 32.1 Å². The largest absolute Gasteiger partial charge is 0.480 e. The zero-order valence-corrected chi connectivity index (χ0v) is 15.5. The Hall–Kier alpha value is -1.79. The number of rotatable bonds is 5. The minimum atomic E-state index is -1.04. The lowest BCUT2D eigenvalue weighted by Crippen LogP contribution is -2.54. The highest BCUT2D eigenvalue weighted by atomic mass is 16.4. The van der Waals surface area contributed by atoms with Crippen molar-refractivity contribution in [3.8, 4) is 0 Å². The van der Waals surface area contributed by atoms with Crippen LogP contribution in [0.15, 0.2) is 0 Å². The number of aliphatic carboxylic acids is 1. The summed E-state index contributed by atoms with van der Waals surface area (Å²) in [6.45, 7) is 11.4. The summed E-state index contributed by atoms with van der Waals surface area (Å²) in [5.74, 6) is -1.68. The van der Waals surface area contributed by atoms with E-state index in [1.807, 2.05) is 13.8 Å². The van der Waals surface area contributed by atoms with E-state index in [4.69, 9.17) is 0 Å². The molecule has 7 nitrogen and oxygen atoms in total. The second-order valence-electron chi connectivity index (χ2n) is 7.39. The van der Waals surface area contributed by atoms with Crippen LogP contribution in [0.2, 0.25) is 0 Å². The summed E-state index contributed by atoms with van der Waals surface area (Å²) in [6, 6.07) is -0.998. The smallest absolute Gasteiger partial charge is 0.326 e. The maximum absolute atomic E-state index is 12.5. The molecule has 1 saturated heterocycles. The second-order valence-corrected chi connectivity index (χ2v) is 7.39. The highest BCUT2D eigenvalue weighted by molar-refractivity contribution is 5.86. The van der Waals surface area contributed by atoms with E-state index in [2.05, 4.69) is 5.32 Å². The van der Waals surface area contributed by atoms with Gasteiger partial charge in [0.25, 0.3) is 0 Å². The molecule has 2 N–H and O–H groups in total. The van der Waals surface area contributed by atoms with Gasteiger partial charge in [0.2, 0.25) is 5.91 Å². The van der Waals surface area contributed by atoms with Crippen molar-refractivity contribution in [3.63, 3.8) is 0 Å². The van der Waals surface area contributed by atoms with Gasteiger partial charge in [-0.2, -0.15) is 0 Å². The molecule has 0 saturated carbocycles. The Labute approximate surface area is 144 Å². The van der Waals surface area contributed by atoms with Crippen LogP contribution in [-0.2, 0) is 9.59 Å². The van der Waals surface area contributed by atoms with E-state index >= 15 is 0 Å². The van der Waals surface area contributed by atoms with E-state index in [-0.39, 0.29) is 17.9 Å².